The van der Waals surface area contributed by atoms with Gasteiger partial charge in [0.25, 0.3) is 0 Å². The zero-order valence-corrected chi connectivity index (χ0v) is 22.0. The lowest BCUT2D eigenvalue weighted by atomic mass is 10.1. The third-order valence-electron chi connectivity index (χ3n) is 4.72. The van der Waals surface area contributed by atoms with E-state index in [1.807, 2.05) is 32.0 Å². The summed E-state index contributed by atoms with van der Waals surface area (Å²) in [5, 5.41) is 0. The molecule has 7 nitrogen and oxygen atoms in total. The highest BCUT2D eigenvalue weighted by Gasteiger charge is 2.43. The molecule has 0 aromatic heterocycles. The molecule has 2 aromatic rings. The molecular weight excluding hydrogens is 521 g/mol. The molecule has 1 unspecified atom stereocenters. The van der Waals surface area contributed by atoms with Crippen LogP contribution in [0.3, 0.4) is 0 Å². The van der Waals surface area contributed by atoms with Crippen LogP contribution in [-0.2, 0) is 23.1 Å². The normalized spacial score (nSPS) is 12.6. The van der Waals surface area contributed by atoms with Crippen molar-refractivity contribution in [2.24, 2.45) is 4.99 Å². The monoisotopic (exact) mass is 551 g/mol. The summed E-state index contributed by atoms with van der Waals surface area (Å²) in [6.07, 6.45) is 4.36. The number of rotatable bonds is 15. The zero-order valence-electron chi connectivity index (χ0n) is 19.5. The molecule has 1 atom stereocenters. The van der Waals surface area contributed by atoms with Crippen molar-refractivity contribution in [1.82, 2.24) is 0 Å². The van der Waals surface area contributed by atoms with Crippen molar-refractivity contribution in [3.8, 4) is 0 Å². The Morgan fingerprint density at radius 1 is 0.971 bits per heavy atom. The number of aliphatic imine (C=N–C) groups is 1. The van der Waals surface area contributed by atoms with Crippen molar-refractivity contribution >= 4 is 41.5 Å². The molecule has 0 heterocycles. The van der Waals surface area contributed by atoms with Crippen LogP contribution < -0.4 is 0 Å². The number of carbonyl (C=O) groups is 2. The maximum absolute atomic E-state index is 13.7. The van der Waals surface area contributed by atoms with Crippen LogP contribution in [0, 0.1) is 0 Å². The quantitative estimate of drug-likeness (QED) is 0.0830. The Morgan fingerprint density at radius 3 is 2.12 bits per heavy atom. The summed E-state index contributed by atoms with van der Waals surface area (Å²) in [5.41, 5.74) is 1.10. The summed E-state index contributed by atoms with van der Waals surface area (Å²) in [6, 6.07) is 15.8. The molecule has 0 spiro atoms. The number of nitrogens with zero attached hydrogens (tertiary/aromatic N) is 1. The van der Waals surface area contributed by atoms with E-state index in [4.69, 9.17) is 13.8 Å². The van der Waals surface area contributed by atoms with Gasteiger partial charge in [0, 0.05) is 16.3 Å². The third-order valence-corrected chi connectivity index (χ3v) is 7.28. The van der Waals surface area contributed by atoms with E-state index in [1.54, 1.807) is 36.4 Å². The Labute approximate surface area is 209 Å². The molecule has 0 amide bonds. The highest BCUT2D eigenvalue weighted by molar-refractivity contribution is 9.10. The molecule has 0 aliphatic carbocycles. The van der Waals surface area contributed by atoms with E-state index in [-0.39, 0.29) is 19.0 Å². The zero-order chi connectivity index (χ0) is 24.8. The smallest absolute Gasteiger partial charge is 0.366 e. The Hall–Kier alpha value is -2.12. The maximum Gasteiger partial charge on any atom is 0.366 e. The average molecular weight is 552 g/mol. The molecule has 0 fully saturated rings. The number of unbranched alkanes of at least 4 members (excludes halogenated alkanes) is 2. The topological polar surface area (TPSA) is 91.3 Å². The molecule has 2 rings (SSSR count). The molecule has 0 aliphatic rings. The van der Waals surface area contributed by atoms with E-state index in [1.165, 1.54) is 6.21 Å². The number of ether oxygens (including phenoxy) is 1. The lowest BCUT2D eigenvalue weighted by Gasteiger charge is -2.23. The van der Waals surface area contributed by atoms with E-state index in [0.29, 0.717) is 24.0 Å². The summed E-state index contributed by atoms with van der Waals surface area (Å²) in [7, 11) is -4.01. The molecule has 9 heteroatoms. The van der Waals surface area contributed by atoms with Crippen molar-refractivity contribution in [3.63, 3.8) is 0 Å². The molecule has 0 N–H and O–H groups in total. The minimum atomic E-state index is -4.01. The second-order valence-corrected chi connectivity index (χ2v) is 10.5. The van der Waals surface area contributed by atoms with Gasteiger partial charge in [-0.1, -0.05) is 85.1 Å². The van der Waals surface area contributed by atoms with Crippen molar-refractivity contribution in [2.75, 3.05) is 19.8 Å². The summed E-state index contributed by atoms with van der Waals surface area (Å²) >= 11 is 3.31. The first-order valence-electron chi connectivity index (χ1n) is 11.3. The first kappa shape index (κ1) is 28.1. The predicted molar refractivity (Wildman–Crippen MR) is 137 cm³/mol. The van der Waals surface area contributed by atoms with Crippen molar-refractivity contribution < 1.29 is 27.9 Å². The van der Waals surface area contributed by atoms with Gasteiger partial charge in [-0.05, 0) is 30.5 Å². The second-order valence-electron chi connectivity index (χ2n) is 7.51. The van der Waals surface area contributed by atoms with E-state index < -0.39 is 26.0 Å². The van der Waals surface area contributed by atoms with Gasteiger partial charge in [-0.3, -0.25) is 14.4 Å². The fraction of sp³-hybridized carbons (Fsp3) is 0.400. The number of halogens is 1. The Bertz CT molecular complexity index is 967. The summed E-state index contributed by atoms with van der Waals surface area (Å²) in [4.78, 5) is 29.8. The number of hydrogen-bond donors (Lipinski definition) is 0. The third kappa shape index (κ3) is 9.26. The van der Waals surface area contributed by atoms with Gasteiger partial charge in [0.15, 0.2) is 12.4 Å². The Kier molecular flexibility index (Phi) is 12.4. The van der Waals surface area contributed by atoms with Gasteiger partial charge in [0.2, 0.25) is 5.78 Å². The summed E-state index contributed by atoms with van der Waals surface area (Å²) < 4.78 is 31.0. The van der Waals surface area contributed by atoms with Gasteiger partial charge >= 0.3 is 13.6 Å². The second kappa shape index (κ2) is 15.0. The van der Waals surface area contributed by atoms with Crippen LogP contribution >= 0.6 is 23.5 Å². The molecule has 0 bridgehead atoms. The number of ketones is 1. The molecule has 0 aliphatic heterocycles. The summed E-state index contributed by atoms with van der Waals surface area (Å²) in [6.45, 7) is 3.74. The van der Waals surface area contributed by atoms with Crippen LogP contribution in [0.4, 0.5) is 0 Å². The SMILES string of the molecule is CCCCOP(=O)(OCCCC)C(N=Cc1ccccc1)C(=O)OCC(=O)c1ccc(Br)cc1. The number of esters is 1. The lowest BCUT2D eigenvalue weighted by Crippen LogP contribution is -2.27. The maximum atomic E-state index is 13.7. The van der Waals surface area contributed by atoms with E-state index in [0.717, 1.165) is 17.3 Å². The summed E-state index contributed by atoms with van der Waals surface area (Å²) in [5.74, 6) is -2.87. The minimum Gasteiger partial charge on any atom is -0.455 e. The molecule has 2 aromatic carbocycles. The van der Waals surface area contributed by atoms with Gasteiger partial charge < -0.3 is 13.8 Å². The largest absolute Gasteiger partial charge is 0.455 e. The number of Topliss-reactive ketones (excluding diaryl/α,β-unsaturated/α-hetero) is 1. The van der Waals surface area contributed by atoms with Crippen LogP contribution in [-0.4, -0.2) is 43.6 Å². The van der Waals surface area contributed by atoms with Crippen molar-refractivity contribution in [1.29, 1.82) is 0 Å². The van der Waals surface area contributed by atoms with Gasteiger partial charge in [-0.25, -0.2) is 4.79 Å². The highest BCUT2D eigenvalue weighted by atomic mass is 79.9. The molecule has 34 heavy (non-hydrogen) atoms. The molecule has 0 radical (unpaired) electrons. The average Bonchev–Trinajstić information content (AvgIpc) is 2.84. The van der Waals surface area contributed by atoms with Crippen LogP contribution in [0.2, 0.25) is 0 Å². The molecule has 0 saturated heterocycles. The predicted octanol–water partition coefficient (Wildman–Crippen LogP) is 6.45. The highest BCUT2D eigenvalue weighted by Crippen LogP contribution is 2.54. The van der Waals surface area contributed by atoms with Gasteiger partial charge in [-0.2, -0.15) is 0 Å². The number of benzene rings is 2. The number of carbonyl (C=O) groups excluding carboxylic acids is 2. The van der Waals surface area contributed by atoms with Crippen LogP contribution in [0.25, 0.3) is 0 Å². The fourth-order valence-electron chi connectivity index (χ4n) is 2.75. The Balaban J connectivity index is 2.24. The van der Waals surface area contributed by atoms with E-state index in [2.05, 4.69) is 20.9 Å². The number of hydrogen-bond acceptors (Lipinski definition) is 7. The van der Waals surface area contributed by atoms with Crippen LogP contribution in [0.1, 0.15) is 55.5 Å². The molecule has 184 valence electrons. The van der Waals surface area contributed by atoms with Gasteiger partial charge in [-0.15, -0.1) is 0 Å². The van der Waals surface area contributed by atoms with Crippen molar-refractivity contribution in [3.05, 3.63) is 70.2 Å². The Morgan fingerprint density at radius 2 is 1.56 bits per heavy atom. The molecular formula is C25H31BrNO6P. The van der Waals surface area contributed by atoms with Crippen molar-refractivity contribution in [2.45, 2.75) is 45.3 Å². The first-order valence-corrected chi connectivity index (χ1v) is 13.7. The van der Waals surface area contributed by atoms with Crippen LogP contribution in [0.15, 0.2) is 64.1 Å². The lowest BCUT2D eigenvalue weighted by molar-refractivity contribution is -0.142. The molecule has 0 saturated carbocycles. The van der Waals surface area contributed by atoms with Crippen LogP contribution in [0.5, 0.6) is 0 Å². The fourth-order valence-corrected chi connectivity index (χ4v) is 4.70. The minimum absolute atomic E-state index is 0.155. The van der Waals surface area contributed by atoms with E-state index in [9.17, 15) is 14.2 Å². The van der Waals surface area contributed by atoms with E-state index >= 15 is 0 Å². The first-order chi connectivity index (χ1) is 16.4. The standard InChI is InChI=1S/C25H31BrNO6P/c1-3-5-16-32-34(30,33-17-6-4-2)24(27-18-20-10-8-7-9-11-20)25(29)31-19-23(28)21-12-14-22(26)15-13-21/h7-15,18,24H,3-6,16-17,19H2,1-2H3. The van der Waals surface area contributed by atoms with Gasteiger partial charge in [0.1, 0.15) is 0 Å². The van der Waals surface area contributed by atoms with Gasteiger partial charge in [0.05, 0.1) is 13.2 Å².